The average Bonchev–Trinajstić information content (AvgIpc) is 3.05. The molecule has 0 amide bonds. The quantitative estimate of drug-likeness (QED) is 0.360. The van der Waals surface area contributed by atoms with Crippen molar-refractivity contribution in [3.05, 3.63) is 12.2 Å². The molecule has 3 N–H and O–H groups in total. The molecule has 0 bridgehead atoms. The van der Waals surface area contributed by atoms with Gasteiger partial charge in [-0.3, -0.25) is 9.59 Å². The zero-order chi connectivity index (χ0) is 27.7. The van der Waals surface area contributed by atoms with E-state index in [2.05, 4.69) is 53.7 Å². The topological polar surface area (TPSA) is 104 Å². The molecule has 12 atom stereocenters. The second-order valence-electron chi connectivity index (χ2n) is 14.2. The van der Waals surface area contributed by atoms with E-state index in [4.69, 9.17) is 4.74 Å². The zero-order valence-electron chi connectivity index (χ0n) is 24.2. The number of hydrogen-bond acceptors (Lipinski definition) is 6. The SMILES string of the molecule is CC(=O)OC1C[C@]2(C)[C@@H]([C@H](C)/C=C/[C@H](C)C(C)C)CC[C@@]2(C)[C@@H]2CC(O)C3(O)C[C@@H](O)CC(=O)[C@]3(C)[C@@H]12. The van der Waals surface area contributed by atoms with Gasteiger partial charge in [-0.2, -0.15) is 0 Å². The van der Waals surface area contributed by atoms with Gasteiger partial charge < -0.3 is 20.1 Å². The summed E-state index contributed by atoms with van der Waals surface area (Å²) in [5.41, 5.74) is -3.39. The lowest BCUT2D eigenvalue weighted by molar-refractivity contribution is -0.283. The molecule has 4 aliphatic carbocycles. The fourth-order valence-electron chi connectivity index (χ4n) is 9.44. The standard InChI is InChI=1S/C31H50O6/c1-17(2)18(3)9-10-19(4)22-11-12-28(6)23-14-26(35)31(36)15-21(33)13-25(34)30(31,8)27(23)24(37-20(5)32)16-29(22,28)7/h9-10,17-19,21-24,26-27,33,35-36H,11-16H2,1-8H3/b10-9+/t18-,19+,21-,22+,23+,24?,26?,27+,28-,29+,30+,31?/m0/s1. The van der Waals surface area contributed by atoms with Gasteiger partial charge in [0.2, 0.25) is 0 Å². The van der Waals surface area contributed by atoms with Crippen LogP contribution in [0.3, 0.4) is 0 Å². The molecule has 0 aromatic carbocycles. The average molecular weight is 519 g/mol. The first kappa shape index (κ1) is 28.8. The molecule has 0 heterocycles. The van der Waals surface area contributed by atoms with Gasteiger partial charge in [-0.25, -0.2) is 0 Å². The van der Waals surface area contributed by atoms with Crippen molar-refractivity contribution in [1.29, 1.82) is 0 Å². The molecule has 0 aliphatic heterocycles. The summed E-state index contributed by atoms with van der Waals surface area (Å²) in [5.74, 6) is 0.667. The lowest BCUT2D eigenvalue weighted by Gasteiger charge is -2.68. The van der Waals surface area contributed by atoms with Crippen LogP contribution in [0.1, 0.15) is 93.9 Å². The maximum absolute atomic E-state index is 13.7. The number of ketones is 1. The molecule has 0 radical (unpaired) electrons. The molecule has 37 heavy (non-hydrogen) atoms. The lowest BCUT2D eigenvalue weighted by atomic mass is 9.38. The molecule has 210 valence electrons. The minimum Gasteiger partial charge on any atom is -0.462 e. The monoisotopic (exact) mass is 518 g/mol. The van der Waals surface area contributed by atoms with E-state index in [1.165, 1.54) is 6.92 Å². The second-order valence-corrected chi connectivity index (χ2v) is 14.2. The largest absolute Gasteiger partial charge is 0.462 e. The predicted octanol–water partition coefficient (Wildman–Crippen LogP) is 4.69. The Morgan fingerprint density at radius 3 is 2.30 bits per heavy atom. The summed E-state index contributed by atoms with van der Waals surface area (Å²) >= 11 is 0. The maximum atomic E-state index is 13.7. The third-order valence-electron chi connectivity index (χ3n) is 12.2. The Hall–Kier alpha value is -1.24. The lowest BCUT2D eigenvalue weighted by Crippen LogP contribution is -2.75. The summed E-state index contributed by atoms with van der Waals surface area (Å²) in [6, 6.07) is 0. The molecule has 4 fully saturated rings. The number of fused-ring (bicyclic) bond motifs is 5. The molecule has 0 spiro atoms. The molecule has 6 nitrogen and oxygen atoms in total. The Kier molecular flexibility index (Phi) is 7.34. The smallest absolute Gasteiger partial charge is 0.302 e. The Bertz CT molecular complexity index is 944. The highest BCUT2D eigenvalue weighted by Gasteiger charge is 2.75. The van der Waals surface area contributed by atoms with Gasteiger partial charge in [0.25, 0.3) is 0 Å². The number of esters is 1. The summed E-state index contributed by atoms with van der Waals surface area (Å²) in [6.07, 6.45) is 4.94. The number of aliphatic hydroxyl groups is 3. The van der Waals surface area contributed by atoms with Crippen LogP contribution in [0.4, 0.5) is 0 Å². The normalized spacial score (nSPS) is 49.4. The number of ether oxygens (including phenoxy) is 1. The van der Waals surface area contributed by atoms with E-state index >= 15 is 0 Å². The maximum Gasteiger partial charge on any atom is 0.302 e. The summed E-state index contributed by atoms with van der Waals surface area (Å²) in [7, 11) is 0. The van der Waals surface area contributed by atoms with Crippen LogP contribution >= 0.6 is 0 Å². The number of Topliss-reactive ketones (excluding diaryl/α,β-unsaturated/α-hetero) is 1. The van der Waals surface area contributed by atoms with E-state index in [0.29, 0.717) is 36.5 Å². The summed E-state index contributed by atoms with van der Waals surface area (Å²) in [4.78, 5) is 26.1. The van der Waals surface area contributed by atoms with Crippen molar-refractivity contribution < 1.29 is 29.6 Å². The molecular weight excluding hydrogens is 468 g/mol. The summed E-state index contributed by atoms with van der Waals surface area (Å²) < 4.78 is 6.04. The number of allylic oxidation sites excluding steroid dienone is 2. The van der Waals surface area contributed by atoms with E-state index in [9.17, 15) is 24.9 Å². The van der Waals surface area contributed by atoms with Crippen molar-refractivity contribution in [2.24, 2.45) is 51.8 Å². The second kappa shape index (κ2) is 9.45. The van der Waals surface area contributed by atoms with Gasteiger partial charge in [0.15, 0.2) is 0 Å². The van der Waals surface area contributed by atoms with Gasteiger partial charge in [-0.05, 0) is 73.0 Å². The number of hydrogen-bond donors (Lipinski definition) is 3. The van der Waals surface area contributed by atoms with Crippen LogP contribution < -0.4 is 0 Å². The molecule has 4 saturated carbocycles. The summed E-state index contributed by atoms with van der Waals surface area (Å²) in [6.45, 7) is 16.8. The van der Waals surface area contributed by atoms with Crippen molar-refractivity contribution >= 4 is 11.8 Å². The fourth-order valence-corrected chi connectivity index (χ4v) is 9.44. The molecule has 3 unspecified atom stereocenters. The van der Waals surface area contributed by atoms with Crippen molar-refractivity contribution in [2.45, 2.75) is 118 Å². The highest BCUT2D eigenvalue weighted by atomic mass is 16.5. The van der Waals surface area contributed by atoms with Crippen LogP contribution in [0.2, 0.25) is 0 Å². The van der Waals surface area contributed by atoms with E-state index in [1.54, 1.807) is 6.92 Å². The number of carbonyl (C=O) groups excluding carboxylic acids is 2. The predicted molar refractivity (Wildman–Crippen MR) is 142 cm³/mol. The molecular formula is C31H50O6. The minimum atomic E-state index is -1.74. The zero-order valence-corrected chi connectivity index (χ0v) is 24.2. The van der Waals surface area contributed by atoms with Crippen LogP contribution in [0.15, 0.2) is 12.2 Å². The van der Waals surface area contributed by atoms with Gasteiger partial charge in [-0.1, -0.05) is 53.7 Å². The van der Waals surface area contributed by atoms with Gasteiger partial charge in [0, 0.05) is 25.7 Å². The summed E-state index contributed by atoms with van der Waals surface area (Å²) in [5, 5.41) is 33.7. The third kappa shape index (κ3) is 4.07. The Labute approximate surface area is 223 Å². The van der Waals surface area contributed by atoms with Crippen molar-refractivity contribution in [1.82, 2.24) is 0 Å². The Morgan fingerprint density at radius 1 is 1.05 bits per heavy atom. The van der Waals surface area contributed by atoms with Gasteiger partial charge in [0.1, 0.15) is 17.5 Å². The molecule has 4 aliphatic rings. The highest BCUT2D eigenvalue weighted by molar-refractivity contribution is 5.88. The van der Waals surface area contributed by atoms with Gasteiger partial charge in [-0.15, -0.1) is 0 Å². The molecule has 6 heteroatoms. The number of rotatable bonds is 5. The molecule has 0 saturated heterocycles. The molecule has 0 aromatic heterocycles. The van der Waals surface area contributed by atoms with Crippen LogP contribution in [0, 0.1) is 51.8 Å². The number of aliphatic hydroxyl groups excluding tert-OH is 2. The third-order valence-corrected chi connectivity index (χ3v) is 12.2. The van der Waals surface area contributed by atoms with Crippen molar-refractivity contribution in [2.75, 3.05) is 0 Å². The highest BCUT2D eigenvalue weighted by Crippen LogP contribution is 2.74. The first-order valence-corrected chi connectivity index (χ1v) is 14.5. The Morgan fingerprint density at radius 2 is 1.70 bits per heavy atom. The molecule has 4 rings (SSSR count). The molecule has 0 aromatic rings. The first-order chi connectivity index (χ1) is 17.0. The van der Waals surface area contributed by atoms with Gasteiger partial charge in [0.05, 0.1) is 17.6 Å². The van der Waals surface area contributed by atoms with Crippen LogP contribution in [-0.2, 0) is 14.3 Å². The van der Waals surface area contributed by atoms with Crippen molar-refractivity contribution in [3.8, 4) is 0 Å². The van der Waals surface area contributed by atoms with E-state index < -0.39 is 35.2 Å². The van der Waals surface area contributed by atoms with Gasteiger partial charge >= 0.3 is 5.97 Å². The fraction of sp³-hybridized carbons (Fsp3) is 0.871. The van der Waals surface area contributed by atoms with Crippen LogP contribution in [0.5, 0.6) is 0 Å². The number of carbonyl (C=O) groups is 2. The minimum absolute atomic E-state index is 0.0428. The van der Waals surface area contributed by atoms with E-state index in [1.807, 2.05) is 0 Å². The van der Waals surface area contributed by atoms with E-state index in [0.717, 1.165) is 12.8 Å². The first-order valence-electron chi connectivity index (χ1n) is 14.5. The van der Waals surface area contributed by atoms with E-state index in [-0.39, 0.29) is 41.3 Å². The Balaban J connectivity index is 1.78. The van der Waals surface area contributed by atoms with Crippen LogP contribution in [-0.4, -0.2) is 51.0 Å². The van der Waals surface area contributed by atoms with Crippen LogP contribution in [0.25, 0.3) is 0 Å². The van der Waals surface area contributed by atoms with Crippen molar-refractivity contribution in [3.63, 3.8) is 0 Å².